The number of aryl methyl sites for hydroxylation is 2. The predicted octanol–water partition coefficient (Wildman–Crippen LogP) is 4.20. The molecule has 4 aromatic rings. The van der Waals surface area contributed by atoms with Crippen molar-refractivity contribution in [2.45, 2.75) is 25.5 Å². The van der Waals surface area contributed by atoms with Crippen LogP contribution in [0.2, 0.25) is 0 Å². The van der Waals surface area contributed by atoms with Crippen molar-refractivity contribution < 1.29 is 9.59 Å². The maximum absolute atomic E-state index is 13.5. The van der Waals surface area contributed by atoms with Gasteiger partial charge < -0.3 is 10.2 Å². The van der Waals surface area contributed by atoms with Crippen molar-refractivity contribution in [3.05, 3.63) is 81.0 Å². The number of hydrogen-bond donors (Lipinski definition) is 1. The molecule has 2 aromatic carbocycles. The minimum Gasteiger partial charge on any atom is -0.323 e. The molecule has 5 rings (SSSR count). The van der Waals surface area contributed by atoms with Gasteiger partial charge in [0, 0.05) is 4.88 Å². The minimum atomic E-state index is -0.234. The first-order chi connectivity index (χ1) is 16.4. The second-order valence-electron chi connectivity index (χ2n) is 8.07. The summed E-state index contributed by atoms with van der Waals surface area (Å²) in [4.78, 5) is 46.8. The highest BCUT2D eigenvalue weighted by molar-refractivity contribution is 7.99. The van der Waals surface area contributed by atoms with Gasteiger partial charge in [0.05, 0.1) is 29.1 Å². The number of thiophene rings is 1. The summed E-state index contributed by atoms with van der Waals surface area (Å²) in [7, 11) is 0. The molecule has 0 fully saturated rings. The molecule has 1 aliphatic rings. The molecule has 172 valence electrons. The van der Waals surface area contributed by atoms with E-state index in [1.165, 1.54) is 28.0 Å². The molecule has 1 N–H and O–H groups in total. The molecule has 7 nitrogen and oxygen atoms in total. The number of amides is 2. The normalized spacial score (nSPS) is 13.1. The molecular formula is C25H22N4O3S2. The van der Waals surface area contributed by atoms with Crippen LogP contribution in [-0.2, 0) is 16.1 Å². The summed E-state index contributed by atoms with van der Waals surface area (Å²) >= 11 is 2.71. The Balaban J connectivity index is 1.49. The maximum atomic E-state index is 13.5. The SMILES string of the molecule is Cc1sc2nc(SCC(=O)N3CC(=O)Nc4ccccc43)n(Cc3ccccc3)c(=O)c2c1C. The fourth-order valence-corrected chi connectivity index (χ4v) is 5.93. The van der Waals surface area contributed by atoms with Crippen LogP contribution in [0.5, 0.6) is 0 Å². The first kappa shape index (κ1) is 22.4. The molecule has 0 atom stereocenters. The van der Waals surface area contributed by atoms with Crippen LogP contribution in [0, 0.1) is 13.8 Å². The van der Waals surface area contributed by atoms with Crippen LogP contribution in [0.1, 0.15) is 16.0 Å². The van der Waals surface area contributed by atoms with Gasteiger partial charge in [0.1, 0.15) is 11.4 Å². The zero-order valence-corrected chi connectivity index (χ0v) is 20.3. The smallest absolute Gasteiger partial charge is 0.263 e. The van der Waals surface area contributed by atoms with Crippen LogP contribution in [0.15, 0.2) is 64.5 Å². The summed E-state index contributed by atoms with van der Waals surface area (Å²) in [6.07, 6.45) is 0. The van der Waals surface area contributed by atoms with E-state index in [4.69, 9.17) is 4.98 Å². The quantitative estimate of drug-likeness (QED) is 0.335. The van der Waals surface area contributed by atoms with Gasteiger partial charge in [-0.2, -0.15) is 0 Å². The number of anilines is 2. The van der Waals surface area contributed by atoms with Crippen LogP contribution in [-0.4, -0.2) is 33.7 Å². The van der Waals surface area contributed by atoms with Crippen LogP contribution in [0.3, 0.4) is 0 Å². The van der Waals surface area contributed by atoms with Gasteiger partial charge in [-0.25, -0.2) is 4.98 Å². The van der Waals surface area contributed by atoms with E-state index >= 15 is 0 Å². The van der Waals surface area contributed by atoms with E-state index in [0.29, 0.717) is 33.3 Å². The van der Waals surface area contributed by atoms with E-state index < -0.39 is 0 Å². The molecule has 2 aromatic heterocycles. The standard InChI is InChI=1S/C25H22N4O3S2/c1-15-16(2)34-23-22(15)24(32)29(12-17-8-4-3-5-9-17)25(27-23)33-14-21(31)28-13-20(30)26-18-10-6-7-11-19(18)28/h3-11H,12-14H2,1-2H3,(H,26,30). The number of nitrogens with one attached hydrogen (secondary N) is 1. The van der Waals surface area contributed by atoms with Crippen molar-refractivity contribution >= 4 is 56.5 Å². The number of carbonyl (C=O) groups is 2. The first-order valence-electron chi connectivity index (χ1n) is 10.8. The Bertz CT molecular complexity index is 1480. The molecule has 0 radical (unpaired) electrons. The third kappa shape index (κ3) is 4.12. The lowest BCUT2D eigenvalue weighted by molar-refractivity contribution is -0.120. The average molecular weight is 491 g/mol. The molecule has 0 saturated carbocycles. The van der Waals surface area contributed by atoms with Crippen molar-refractivity contribution in [3.8, 4) is 0 Å². The van der Waals surface area contributed by atoms with Gasteiger partial charge in [0.15, 0.2) is 5.16 Å². The zero-order valence-electron chi connectivity index (χ0n) is 18.7. The molecule has 0 aliphatic carbocycles. The highest BCUT2D eigenvalue weighted by Gasteiger charge is 2.27. The molecular weight excluding hydrogens is 468 g/mol. The summed E-state index contributed by atoms with van der Waals surface area (Å²) in [6, 6.07) is 16.9. The molecule has 3 heterocycles. The molecule has 9 heteroatoms. The number of rotatable bonds is 5. The number of benzene rings is 2. The Hall–Kier alpha value is -3.43. The third-order valence-corrected chi connectivity index (χ3v) is 7.90. The topological polar surface area (TPSA) is 84.3 Å². The van der Waals surface area contributed by atoms with E-state index in [9.17, 15) is 14.4 Å². The van der Waals surface area contributed by atoms with Gasteiger partial charge in [-0.3, -0.25) is 19.0 Å². The van der Waals surface area contributed by atoms with Crippen molar-refractivity contribution in [1.82, 2.24) is 9.55 Å². The highest BCUT2D eigenvalue weighted by Crippen LogP contribution is 2.31. The number of hydrogen-bond acceptors (Lipinski definition) is 6. The number of para-hydroxylation sites is 2. The maximum Gasteiger partial charge on any atom is 0.263 e. The van der Waals surface area contributed by atoms with E-state index in [-0.39, 0.29) is 29.7 Å². The second-order valence-corrected chi connectivity index (χ2v) is 10.2. The van der Waals surface area contributed by atoms with Crippen molar-refractivity contribution in [1.29, 1.82) is 0 Å². The third-order valence-electron chi connectivity index (χ3n) is 5.83. The van der Waals surface area contributed by atoms with Crippen molar-refractivity contribution in [2.24, 2.45) is 0 Å². The Morgan fingerprint density at radius 2 is 1.82 bits per heavy atom. The Kier molecular flexibility index (Phi) is 5.97. The minimum absolute atomic E-state index is 0.0387. The summed E-state index contributed by atoms with van der Waals surface area (Å²) in [5, 5.41) is 3.92. The van der Waals surface area contributed by atoms with Crippen LogP contribution in [0.25, 0.3) is 10.2 Å². The second kappa shape index (κ2) is 9.08. The van der Waals surface area contributed by atoms with Crippen LogP contribution >= 0.6 is 23.1 Å². The van der Waals surface area contributed by atoms with Crippen LogP contribution in [0.4, 0.5) is 11.4 Å². The fraction of sp³-hybridized carbons (Fsp3) is 0.200. The van der Waals surface area contributed by atoms with Crippen LogP contribution < -0.4 is 15.8 Å². The number of carbonyl (C=O) groups excluding carboxylic acids is 2. The van der Waals surface area contributed by atoms with E-state index in [1.54, 1.807) is 10.6 Å². The number of aromatic nitrogens is 2. The molecule has 0 spiro atoms. The molecule has 0 bridgehead atoms. The van der Waals surface area contributed by atoms with Gasteiger partial charge in [-0.15, -0.1) is 11.3 Å². The molecule has 34 heavy (non-hydrogen) atoms. The molecule has 2 amide bonds. The first-order valence-corrected chi connectivity index (χ1v) is 12.6. The van der Waals surface area contributed by atoms with Crippen molar-refractivity contribution in [2.75, 3.05) is 22.5 Å². The monoisotopic (exact) mass is 490 g/mol. The summed E-state index contributed by atoms with van der Waals surface area (Å²) < 4.78 is 1.64. The van der Waals surface area contributed by atoms with Gasteiger partial charge in [-0.05, 0) is 37.1 Å². The van der Waals surface area contributed by atoms with Crippen molar-refractivity contribution in [3.63, 3.8) is 0 Å². The van der Waals surface area contributed by atoms with Gasteiger partial charge in [0.25, 0.3) is 5.56 Å². The predicted molar refractivity (Wildman–Crippen MR) is 137 cm³/mol. The van der Waals surface area contributed by atoms with Gasteiger partial charge in [0.2, 0.25) is 11.8 Å². The lowest BCUT2D eigenvalue weighted by Gasteiger charge is -2.29. The van der Waals surface area contributed by atoms with E-state index in [0.717, 1.165) is 16.0 Å². The summed E-state index contributed by atoms with van der Waals surface area (Å²) in [6.45, 7) is 4.25. The molecule has 0 saturated heterocycles. The lowest BCUT2D eigenvalue weighted by Crippen LogP contribution is -2.43. The Morgan fingerprint density at radius 3 is 2.62 bits per heavy atom. The van der Waals surface area contributed by atoms with E-state index in [2.05, 4.69) is 5.32 Å². The number of nitrogens with zero attached hydrogens (tertiary/aromatic N) is 3. The summed E-state index contributed by atoms with van der Waals surface area (Å²) in [5.74, 6) is -0.397. The highest BCUT2D eigenvalue weighted by atomic mass is 32.2. The molecule has 0 unspecified atom stereocenters. The fourth-order valence-electron chi connectivity index (χ4n) is 3.98. The number of fused-ring (bicyclic) bond motifs is 2. The zero-order chi connectivity index (χ0) is 23.8. The largest absolute Gasteiger partial charge is 0.323 e. The van der Waals surface area contributed by atoms with Gasteiger partial charge >= 0.3 is 0 Å². The van der Waals surface area contributed by atoms with Gasteiger partial charge in [-0.1, -0.05) is 54.2 Å². The molecule has 1 aliphatic heterocycles. The lowest BCUT2D eigenvalue weighted by atomic mass is 10.2. The summed E-state index contributed by atoms with van der Waals surface area (Å²) in [5.41, 5.74) is 3.10. The Labute approximate surface area is 204 Å². The van der Waals surface area contributed by atoms with E-state index in [1.807, 2.05) is 62.4 Å². The number of thioether (sulfide) groups is 1. The Morgan fingerprint density at radius 1 is 1.09 bits per heavy atom. The average Bonchev–Trinajstić information content (AvgIpc) is 3.12.